The SMILES string of the molecule is COc1ccccc1O[C@H](C)C(=O)N1CCN(C)CC1. The number of methoxy groups -OCH3 is 1. The number of rotatable bonds is 4. The van der Waals surface area contributed by atoms with Gasteiger partial charge in [0.15, 0.2) is 17.6 Å². The highest BCUT2D eigenvalue weighted by Gasteiger charge is 2.25. The van der Waals surface area contributed by atoms with Crippen molar-refractivity contribution in [2.75, 3.05) is 40.3 Å². The van der Waals surface area contributed by atoms with Crippen molar-refractivity contribution in [3.05, 3.63) is 24.3 Å². The Balaban J connectivity index is 1.97. The van der Waals surface area contributed by atoms with Crippen LogP contribution in [0.3, 0.4) is 0 Å². The van der Waals surface area contributed by atoms with Gasteiger partial charge in [0.25, 0.3) is 5.91 Å². The van der Waals surface area contributed by atoms with Crippen LogP contribution in [0.2, 0.25) is 0 Å². The first kappa shape index (κ1) is 14.7. The van der Waals surface area contributed by atoms with E-state index in [1.807, 2.05) is 29.2 Å². The average Bonchev–Trinajstić information content (AvgIpc) is 2.48. The largest absolute Gasteiger partial charge is 0.493 e. The summed E-state index contributed by atoms with van der Waals surface area (Å²) >= 11 is 0. The molecule has 1 amide bonds. The van der Waals surface area contributed by atoms with E-state index in [9.17, 15) is 4.79 Å². The van der Waals surface area contributed by atoms with Crippen molar-refractivity contribution < 1.29 is 14.3 Å². The van der Waals surface area contributed by atoms with Crippen LogP contribution in [-0.2, 0) is 4.79 Å². The number of piperazine rings is 1. The molecule has 5 heteroatoms. The molecule has 1 aliphatic heterocycles. The lowest BCUT2D eigenvalue weighted by atomic mass is 10.2. The first-order valence-electron chi connectivity index (χ1n) is 6.89. The molecular formula is C15H22N2O3. The summed E-state index contributed by atoms with van der Waals surface area (Å²) in [5.41, 5.74) is 0. The zero-order valence-electron chi connectivity index (χ0n) is 12.3. The highest BCUT2D eigenvalue weighted by molar-refractivity contribution is 5.81. The quantitative estimate of drug-likeness (QED) is 0.831. The minimum absolute atomic E-state index is 0.0315. The van der Waals surface area contributed by atoms with Crippen molar-refractivity contribution in [2.24, 2.45) is 0 Å². The van der Waals surface area contributed by atoms with Gasteiger partial charge >= 0.3 is 0 Å². The molecule has 1 atom stereocenters. The van der Waals surface area contributed by atoms with Crippen LogP contribution < -0.4 is 9.47 Å². The summed E-state index contributed by atoms with van der Waals surface area (Å²) in [6.07, 6.45) is -0.505. The van der Waals surface area contributed by atoms with Crippen molar-refractivity contribution >= 4 is 5.91 Å². The summed E-state index contributed by atoms with van der Waals surface area (Å²) in [6.45, 7) is 5.12. The van der Waals surface area contributed by atoms with Gasteiger partial charge in [-0.15, -0.1) is 0 Å². The Morgan fingerprint density at radius 1 is 1.15 bits per heavy atom. The van der Waals surface area contributed by atoms with Crippen LogP contribution in [0.5, 0.6) is 11.5 Å². The molecule has 2 rings (SSSR count). The Labute approximate surface area is 120 Å². The topological polar surface area (TPSA) is 42.0 Å². The maximum atomic E-state index is 12.4. The monoisotopic (exact) mass is 278 g/mol. The Kier molecular flexibility index (Phi) is 4.84. The lowest BCUT2D eigenvalue weighted by molar-refractivity contribution is -0.139. The molecule has 1 fully saturated rings. The third-order valence-corrected chi connectivity index (χ3v) is 3.54. The van der Waals surface area contributed by atoms with Crippen molar-refractivity contribution in [2.45, 2.75) is 13.0 Å². The van der Waals surface area contributed by atoms with E-state index in [-0.39, 0.29) is 5.91 Å². The van der Waals surface area contributed by atoms with Gasteiger partial charge in [0, 0.05) is 26.2 Å². The van der Waals surface area contributed by atoms with Crippen LogP contribution in [0.15, 0.2) is 24.3 Å². The van der Waals surface area contributed by atoms with E-state index in [1.54, 1.807) is 14.0 Å². The lowest BCUT2D eigenvalue weighted by Crippen LogP contribution is -2.50. The van der Waals surface area contributed by atoms with Gasteiger partial charge in [0.2, 0.25) is 0 Å². The van der Waals surface area contributed by atoms with Gasteiger partial charge in [-0.2, -0.15) is 0 Å². The number of likely N-dealkylation sites (N-methyl/N-ethyl adjacent to an activating group) is 1. The van der Waals surface area contributed by atoms with E-state index < -0.39 is 6.10 Å². The number of amides is 1. The molecule has 0 aliphatic carbocycles. The molecule has 0 bridgehead atoms. The van der Waals surface area contributed by atoms with Crippen LogP contribution in [0.4, 0.5) is 0 Å². The third-order valence-electron chi connectivity index (χ3n) is 3.54. The molecule has 0 unspecified atom stereocenters. The van der Waals surface area contributed by atoms with Gasteiger partial charge in [-0.3, -0.25) is 4.79 Å². The molecule has 1 heterocycles. The minimum atomic E-state index is -0.505. The maximum absolute atomic E-state index is 12.4. The summed E-state index contributed by atoms with van der Waals surface area (Å²) in [6, 6.07) is 7.37. The molecule has 0 N–H and O–H groups in total. The fraction of sp³-hybridized carbons (Fsp3) is 0.533. The van der Waals surface area contributed by atoms with E-state index >= 15 is 0 Å². The Bertz CT molecular complexity index is 456. The first-order chi connectivity index (χ1) is 9.61. The van der Waals surface area contributed by atoms with E-state index in [0.717, 1.165) is 26.2 Å². The minimum Gasteiger partial charge on any atom is -0.493 e. The van der Waals surface area contributed by atoms with E-state index in [1.165, 1.54) is 0 Å². The van der Waals surface area contributed by atoms with Crippen LogP contribution in [0.1, 0.15) is 6.92 Å². The summed E-state index contributed by atoms with van der Waals surface area (Å²) in [5.74, 6) is 1.28. The zero-order chi connectivity index (χ0) is 14.5. The molecule has 110 valence electrons. The summed E-state index contributed by atoms with van der Waals surface area (Å²) in [7, 11) is 3.66. The van der Waals surface area contributed by atoms with E-state index in [4.69, 9.17) is 9.47 Å². The van der Waals surface area contributed by atoms with Crippen molar-refractivity contribution in [1.29, 1.82) is 0 Å². The molecular weight excluding hydrogens is 256 g/mol. The van der Waals surface area contributed by atoms with Gasteiger partial charge in [0.05, 0.1) is 7.11 Å². The fourth-order valence-electron chi connectivity index (χ4n) is 2.24. The van der Waals surface area contributed by atoms with Crippen LogP contribution in [0.25, 0.3) is 0 Å². The number of carbonyl (C=O) groups is 1. The third kappa shape index (κ3) is 3.42. The standard InChI is InChI=1S/C15H22N2O3/c1-12(15(18)17-10-8-16(2)9-11-17)20-14-7-5-4-6-13(14)19-3/h4-7,12H,8-11H2,1-3H3/t12-/m1/s1. The van der Waals surface area contributed by atoms with Gasteiger partial charge in [-0.05, 0) is 26.1 Å². The predicted molar refractivity (Wildman–Crippen MR) is 77.2 cm³/mol. The van der Waals surface area contributed by atoms with Crippen molar-refractivity contribution in [3.8, 4) is 11.5 Å². The molecule has 0 aromatic heterocycles. The highest BCUT2D eigenvalue weighted by atomic mass is 16.5. The van der Waals surface area contributed by atoms with E-state index in [2.05, 4.69) is 11.9 Å². The first-order valence-corrected chi connectivity index (χ1v) is 6.89. The molecule has 1 saturated heterocycles. The maximum Gasteiger partial charge on any atom is 0.263 e. The molecule has 0 radical (unpaired) electrons. The van der Waals surface area contributed by atoms with Gasteiger partial charge in [0.1, 0.15) is 0 Å². The van der Waals surface area contributed by atoms with Gasteiger partial charge < -0.3 is 19.3 Å². The van der Waals surface area contributed by atoms with E-state index in [0.29, 0.717) is 11.5 Å². The second kappa shape index (κ2) is 6.61. The second-order valence-corrected chi connectivity index (χ2v) is 5.04. The summed E-state index contributed by atoms with van der Waals surface area (Å²) in [5, 5.41) is 0. The fourth-order valence-corrected chi connectivity index (χ4v) is 2.24. The van der Waals surface area contributed by atoms with Gasteiger partial charge in [-0.1, -0.05) is 12.1 Å². The van der Waals surface area contributed by atoms with Crippen LogP contribution >= 0.6 is 0 Å². The Hall–Kier alpha value is -1.75. The molecule has 5 nitrogen and oxygen atoms in total. The number of hydrogen-bond acceptors (Lipinski definition) is 4. The Morgan fingerprint density at radius 3 is 2.35 bits per heavy atom. The normalized spacial score (nSPS) is 17.6. The van der Waals surface area contributed by atoms with Crippen molar-refractivity contribution in [3.63, 3.8) is 0 Å². The highest BCUT2D eigenvalue weighted by Crippen LogP contribution is 2.27. The molecule has 1 aliphatic rings. The number of benzene rings is 1. The lowest BCUT2D eigenvalue weighted by Gasteiger charge is -2.33. The number of hydrogen-bond donors (Lipinski definition) is 0. The smallest absolute Gasteiger partial charge is 0.263 e. The number of ether oxygens (including phenoxy) is 2. The van der Waals surface area contributed by atoms with Crippen LogP contribution in [-0.4, -0.2) is 62.1 Å². The predicted octanol–water partition coefficient (Wildman–Crippen LogP) is 1.24. The molecule has 20 heavy (non-hydrogen) atoms. The molecule has 1 aromatic carbocycles. The summed E-state index contributed by atoms with van der Waals surface area (Å²) < 4.78 is 11.0. The molecule has 0 spiro atoms. The number of para-hydroxylation sites is 2. The molecule has 1 aromatic rings. The summed E-state index contributed by atoms with van der Waals surface area (Å²) in [4.78, 5) is 16.4. The average molecular weight is 278 g/mol. The Morgan fingerprint density at radius 2 is 1.75 bits per heavy atom. The van der Waals surface area contributed by atoms with Crippen LogP contribution in [0, 0.1) is 0 Å². The van der Waals surface area contributed by atoms with Gasteiger partial charge in [-0.25, -0.2) is 0 Å². The zero-order valence-corrected chi connectivity index (χ0v) is 12.3. The second-order valence-electron chi connectivity index (χ2n) is 5.04. The van der Waals surface area contributed by atoms with Crippen molar-refractivity contribution in [1.82, 2.24) is 9.80 Å². The number of carbonyl (C=O) groups excluding carboxylic acids is 1. The number of nitrogens with zero attached hydrogens (tertiary/aromatic N) is 2. The molecule has 0 saturated carbocycles.